The number of carbonyl (C=O) groups excluding carboxylic acids is 2. The largest absolute Gasteiger partial charge is 0.347 e. The lowest BCUT2D eigenvalue weighted by Crippen LogP contribution is -2.49. The first-order valence-corrected chi connectivity index (χ1v) is 16.0. The zero-order valence-electron chi connectivity index (χ0n) is 23.2. The van der Waals surface area contributed by atoms with Crippen molar-refractivity contribution in [3.05, 3.63) is 65.5 Å². The molecular weight excluding hydrogens is 543 g/mol. The van der Waals surface area contributed by atoms with Crippen LogP contribution in [0.2, 0.25) is 0 Å². The van der Waals surface area contributed by atoms with Crippen LogP contribution in [0.4, 0.5) is 5.69 Å². The fourth-order valence-electron chi connectivity index (χ4n) is 4.97. The number of thioether (sulfide) groups is 2. The number of para-hydroxylation sites is 1. The summed E-state index contributed by atoms with van der Waals surface area (Å²) in [5, 5.41) is 7.59. The van der Waals surface area contributed by atoms with Gasteiger partial charge in [0.15, 0.2) is 5.82 Å². The van der Waals surface area contributed by atoms with E-state index in [9.17, 15) is 9.59 Å². The van der Waals surface area contributed by atoms with Crippen LogP contribution in [0.25, 0.3) is 11.4 Å². The molecule has 2 amide bonds. The lowest BCUT2D eigenvalue weighted by Gasteiger charge is -2.28. The smallest absolute Gasteiger partial charge is 0.289 e. The number of anilines is 1. The van der Waals surface area contributed by atoms with Crippen LogP contribution in [-0.4, -0.2) is 61.9 Å². The molecule has 0 aliphatic carbocycles. The minimum atomic E-state index is -0.165. The second-order valence-corrected chi connectivity index (χ2v) is 12.7. The van der Waals surface area contributed by atoms with Crippen LogP contribution in [-0.2, 0) is 18.3 Å². The third-order valence-corrected chi connectivity index (χ3v) is 9.29. The Morgan fingerprint density at radius 2 is 1.88 bits per heavy atom. The Morgan fingerprint density at radius 1 is 1.12 bits per heavy atom. The number of hydrazine groups is 1. The molecule has 0 saturated carbocycles. The summed E-state index contributed by atoms with van der Waals surface area (Å²) in [5.41, 5.74) is 10.7. The Kier molecular flexibility index (Phi) is 9.46. The van der Waals surface area contributed by atoms with Crippen LogP contribution < -0.4 is 21.1 Å². The number of hydrogen-bond acceptors (Lipinski definition) is 8. The Labute approximate surface area is 245 Å². The molecule has 2 aliphatic heterocycles. The van der Waals surface area contributed by atoms with Crippen molar-refractivity contribution in [2.24, 2.45) is 7.05 Å². The fraction of sp³-hybridized carbons (Fsp3) is 0.448. The highest BCUT2D eigenvalue weighted by Gasteiger charge is 2.34. The van der Waals surface area contributed by atoms with Gasteiger partial charge in [-0.05, 0) is 53.9 Å². The molecule has 3 heterocycles. The minimum Gasteiger partial charge on any atom is -0.347 e. The molecule has 2 saturated heterocycles. The zero-order chi connectivity index (χ0) is 28.1. The number of aryl methyl sites for hydroxylation is 1. The van der Waals surface area contributed by atoms with E-state index >= 15 is 0 Å². The third-order valence-electron chi connectivity index (χ3n) is 7.19. The number of amides is 2. The van der Waals surface area contributed by atoms with E-state index in [0.717, 1.165) is 42.0 Å². The SMILES string of the molecule is CC(C)c1ccccc1N1C(=O)CSC1NNCCc1ccc(-c2nc(C(=O)NC3CCSCC3)n(C)n2)cc1.[HH]. The Balaban J connectivity index is 0.00000387. The first kappa shape index (κ1) is 28.7. The number of hydrogen-bond donors (Lipinski definition) is 3. The Morgan fingerprint density at radius 3 is 2.62 bits per heavy atom. The average Bonchev–Trinajstić information content (AvgIpc) is 3.54. The molecule has 1 unspecified atom stereocenters. The van der Waals surface area contributed by atoms with Crippen LogP contribution in [0.5, 0.6) is 0 Å². The second kappa shape index (κ2) is 13.2. The zero-order valence-corrected chi connectivity index (χ0v) is 24.9. The van der Waals surface area contributed by atoms with Crippen molar-refractivity contribution in [2.75, 3.05) is 28.7 Å². The van der Waals surface area contributed by atoms with Crippen molar-refractivity contribution in [1.82, 2.24) is 30.9 Å². The Bertz CT molecular complexity index is 1330. The molecule has 2 aromatic carbocycles. The van der Waals surface area contributed by atoms with Crippen LogP contribution in [0.1, 0.15) is 55.8 Å². The first-order chi connectivity index (χ1) is 19.4. The van der Waals surface area contributed by atoms with Crippen LogP contribution >= 0.6 is 23.5 Å². The van der Waals surface area contributed by atoms with Gasteiger partial charge in [0.1, 0.15) is 5.50 Å². The average molecular weight is 582 g/mol. The lowest BCUT2D eigenvalue weighted by atomic mass is 10.0. The molecule has 3 N–H and O–H groups in total. The van der Waals surface area contributed by atoms with Gasteiger partial charge >= 0.3 is 0 Å². The van der Waals surface area contributed by atoms with Crippen molar-refractivity contribution in [3.63, 3.8) is 0 Å². The van der Waals surface area contributed by atoms with E-state index in [4.69, 9.17) is 0 Å². The van der Waals surface area contributed by atoms with Gasteiger partial charge < -0.3 is 5.32 Å². The molecule has 0 spiro atoms. The second-order valence-electron chi connectivity index (χ2n) is 10.4. The quantitative estimate of drug-likeness (QED) is 0.242. The van der Waals surface area contributed by atoms with Crippen molar-refractivity contribution < 1.29 is 11.0 Å². The van der Waals surface area contributed by atoms with Gasteiger partial charge in [0, 0.05) is 32.3 Å². The van der Waals surface area contributed by atoms with Crippen LogP contribution in [0.3, 0.4) is 0 Å². The third kappa shape index (κ3) is 6.71. The van der Waals surface area contributed by atoms with Gasteiger partial charge in [-0.2, -0.15) is 16.9 Å². The molecular formula is C29H39N7O2S2. The van der Waals surface area contributed by atoms with Crippen molar-refractivity contribution >= 4 is 41.0 Å². The fourth-order valence-corrected chi connectivity index (χ4v) is 7.06. The molecule has 5 rings (SSSR count). The summed E-state index contributed by atoms with van der Waals surface area (Å²) in [6.45, 7) is 5.00. The van der Waals surface area contributed by atoms with Gasteiger partial charge in [0.25, 0.3) is 5.91 Å². The van der Waals surface area contributed by atoms with E-state index in [1.807, 2.05) is 47.0 Å². The van der Waals surface area contributed by atoms with Gasteiger partial charge in [-0.1, -0.05) is 56.3 Å². The van der Waals surface area contributed by atoms with E-state index in [1.165, 1.54) is 11.1 Å². The normalized spacial score (nSPS) is 18.1. The molecule has 1 aromatic heterocycles. The highest BCUT2D eigenvalue weighted by Crippen LogP contribution is 2.34. The molecule has 214 valence electrons. The Hall–Kier alpha value is -2.86. The van der Waals surface area contributed by atoms with Crippen LogP contribution in [0.15, 0.2) is 48.5 Å². The number of benzene rings is 2. The molecule has 3 aromatic rings. The van der Waals surface area contributed by atoms with E-state index in [-0.39, 0.29) is 24.8 Å². The van der Waals surface area contributed by atoms with Gasteiger partial charge in [0.05, 0.1) is 5.75 Å². The highest BCUT2D eigenvalue weighted by atomic mass is 32.2. The van der Waals surface area contributed by atoms with Crippen LogP contribution in [0, 0.1) is 0 Å². The summed E-state index contributed by atoms with van der Waals surface area (Å²) in [6, 6.07) is 16.4. The molecule has 2 fully saturated rings. The molecule has 0 radical (unpaired) electrons. The number of carbonyl (C=O) groups is 2. The molecule has 1 atom stereocenters. The maximum atomic E-state index is 12.8. The summed E-state index contributed by atoms with van der Waals surface area (Å²) < 4.78 is 1.56. The predicted molar refractivity (Wildman–Crippen MR) is 165 cm³/mol. The minimum absolute atomic E-state index is 0. The van der Waals surface area contributed by atoms with Crippen molar-refractivity contribution in [2.45, 2.75) is 50.6 Å². The molecule has 0 bridgehead atoms. The highest BCUT2D eigenvalue weighted by molar-refractivity contribution is 8.01. The lowest BCUT2D eigenvalue weighted by molar-refractivity contribution is -0.115. The topological polar surface area (TPSA) is 104 Å². The number of nitrogens with zero attached hydrogens (tertiary/aromatic N) is 4. The van der Waals surface area contributed by atoms with Gasteiger partial charge in [-0.3, -0.25) is 19.9 Å². The summed E-state index contributed by atoms with van der Waals surface area (Å²) in [4.78, 5) is 31.9. The first-order valence-electron chi connectivity index (χ1n) is 13.8. The monoisotopic (exact) mass is 581 g/mol. The number of aromatic nitrogens is 3. The maximum absolute atomic E-state index is 12.8. The summed E-state index contributed by atoms with van der Waals surface area (Å²) >= 11 is 3.52. The molecule has 9 nitrogen and oxygen atoms in total. The number of rotatable bonds is 10. The molecule has 40 heavy (non-hydrogen) atoms. The summed E-state index contributed by atoms with van der Waals surface area (Å²) in [5.74, 6) is 3.78. The van der Waals surface area contributed by atoms with Gasteiger partial charge in [0.2, 0.25) is 11.7 Å². The van der Waals surface area contributed by atoms with Crippen molar-refractivity contribution in [3.8, 4) is 11.4 Å². The van der Waals surface area contributed by atoms with E-state index < -0.39 is 0 Å². The number of nitrogens with one attached hydrogen (secondary N) is 3. The maximum Gasteiger partial charge on any atom is 0.289 e. The van der Waals surface area contributed by atoms with Gasteiger partial charge in [-0.15, -0.1) is 11.8 Å². The standard InChI is InChI=1S/C29H37N7O2S2.H2/c1-19(2)23-6-4-5-7-24(23)36-25(37)18-40-29(36)33-30-15-12-20-8-10-21(11-9-20)26-32-27(35(3)34-26)28(38)31-22-13-16-39-17-14-22;/h4-11,19,22,29-30,33H,12-18H2,1-3H3,(H,31,38);1H. The van der Waals surface area contributed by atoms with E-state index in [1.54, 1.807) is 23.5 Å². The molecule has 2 aliphatic rings. The molecule has 11 heteroatoms. The summed E-state index contributed by atoms with van der Waals surface area (Å²) in [7, 11) is 1.76. The van der Waals surface area contributed by atoms with E-state index in [0.29, 0.717) is 29.9 Å². The van der Waals surface area contributed by atoms with Crippen molar-refractivity contribution in [1.29, 1.82) is 0 Å². The van der Waals surface area contributed by atoms with Gasteiger partial charge in [-0.25, -0.2) is 15.1 Å². The predicted octanol–water partition coefficient (Wildman–Crippen LogP) is 4.18. The van der Waals surface area contributed by atoms with E-state index in [2.05, 4.69) is 58.3 Å². The summed E-state index contributed by atoms with van der Waals surface area (Å²) in [6.07, 6.45) is 2.80.